The number of ether oxygens (including phenoxy) is 1. The van der Waals surface area contributed by atoms with Crippen LogP contribution in [0, 0.1) is 0 Å². The summed E-state index contributed by atoms with van der Waals surface area (Å²) in [6, 6.07) is 11.8. The third-order valence-electron chi connectivity index (χ3n) is 3.27. The van der Waals surface area contributed by atoms with Gasteiger partial charge in [0.2, 0.25) is 10.0 Å². The molecule has 0 radical (unpaired) electrons. The zero-order valence-corrected chi connectivity index (χ0v) is 16.3. The minimum atomic E-state index is -3.44. The van der Waals surface area contributed by atoms with Crippen LogP contribution in [0.15, 0.2) is 42.5 Å². The molecule has 2 rings (SSSR count). The Hall–Kier alpha value is -2.25. The van der Waals surface area contributed by atoms with Gasteiger partial charge in [0.1, 0.15) is 5.75 Å². The van der Waals surface area contributed by atoms with Crippen molar-refractivity contribution < 1.29 is 17.9 Å². The maximum Gasteiger partial charge on any atom is 0.251 e. The third-order valence-corrected chi connectivity index (χ3v) is 4.18. The molecule has 0 aliphatic heterocycles. The average molecular weight is 397 g/mol. The number of carbonyl (C=O) groups excluding carboxylic acids is 1. The van der Waals surface area contributed by atoms with Crippen molar-refractivity contribution >= 4 is 33.2 Å². The highest BCUT2D eigenvalue weighted by molar-refractivity contribution is 7.92. The van der Waals surface area contributed by atoms with Crippen LogP contribution in [-0.4, -0.2) is 26.7 Å². The zero-order valence-electron chi connectivity index (χ0n) is 14.7. The van der Waals surface area contributed by atoms with Crippen molar-refractivity contribution in [2.24, 2.45) is 0 Å². The topological polar surface area (TPSA) is 84.5 Å². The molecule has 0 aliphatic rings. The van der Waals surface area contributed by atoms with Crippen LogP contribution in [0.4, 0.5) is 5.69 Å². The number of hydrogen-bond acceptors (Lipinski definition) is 4. The maximum atomic E-state index is 12.2. The Morgan fingerprint density at radius 3 is 2.35 bits per heavy atom. The molecule has 1 amide bonds. The number of carbonyl (C=O) groups is 1. The Morgan fingerprint density at radius 2 is 1.81 bits per heavy atom. The highest BCUT2D eigenvalue weighted by atomic mass is 35.5. The number of hydrogen-bond donors (Lipinski definition) is 2. The minimum Gasteiger partial charge on any atom is -0.491 e. The van der Waals surface area contributed by atoms with Crippen LogP contribution < -0.4 is 14.8 Å². The molecule has 140 valence electrons. The fraction of sp³-hybridized carbons (Fsp3) is 0.278. The van der Waals surface area contributed by atoms with Gasteiger partial charge in [-0.15, -0.1) is 0 Å². The first-order chi connectivity index (χ1) is 12.1. The first-order valence-electron chi connectivity index (χ1n) is 7.95. The van der Waals surface area contributed by atoms with Crippen LogP contribution in [0.5, 0.6) is 5.75 Å². The van der Waals surface area contributed by atoms with Crippen LogP contribution in [0.3, 0.4) is 0 Å². The van der Waals surface area contributed by atoms with E-state index in [-0.39, 0.29) is 22.7 Å². The van der Waals surface area contributed by atoms with E-state index in [1.807, 2.05) is 38.1 Å². The maximum absolute atomic E-state index is 12.2. The summed E-state index contributed by atoms with van der Waals surface area (Å²) >= 11 is 6.03. The van der Waals surface area contributed by atoms with Gasteiger partial charge < -0.3 is 10.1 Å². The molecule has 0 unspecified atom stereocenters. The number of nitrogens with one attached hydrogen (secondary N) is 2. The Balaban J connectivity index is 1.98. The van der Waals surface area contributed by atoms with Crippen LogP contribution in [-0.2, 0) is 16.6 Å². The lowest BCUT2D eigenvalue weighted by atomic mass is 10.1. The third kappa shape index (κ3) is 6.24. The van der Waals surface area contributed by atoms with Gasteiger partial charge in [-0.05, 0) is 49.7 Å². The van der Waals surface area contributed by atoms with Gasteiger partial charge >= 0.3 is 0 Å². The van der Waals surface area contributed by atoms with Gasteiger partial charge in [-0.2, -0.15) is 0 Å². The summed E-state index contributed by atoms with van der Waals surface area (Å²) in [7, 11) is -3.44. The average Bonchev–Trinajstić information content (AvgIpc) is 2.54. The molecule has 2 aromatic carbocycles. The predicted molar refractivity (Wildman–Crippen MR) is 103 cm³/mol. The number of anilines is 1. The molecule has 0 atom stereocenters. The van der Waals surface area contributed by atoms with Gasteiger partial charge in [0, 0.05) is 12.1 Å². The second-order valence-electron chi connectivity index (χ2n) is 6.06. The van der Waals surface area contributed by atoms with Crippen molar-refractivity contribution in [3.63, 3.8) is 0 Å². The normalized spacial score (nSPS) is 11.3. The van der Waals surface area contributed by atoms with Crippen molar-refractivity contribution in [2.75, 3.05) is 11.0 Å². The van der Waals surface area contributed by atoms with Crippen LogP contribution >= 0.6 is 11.6 Å². The number of halogens is 1. The minimum absolute atomic E-state index is 0.102. The summed E-state index contributed by atoms with van der Waals surface area (Å²) in [5.41, 5.74) is 1.50. The highest BCUT2D eigenvalue weighted by Crippen LogP contribution is 2.24. The van der Waals surface area contributed by atoms with Gasteiger partial charge in [0.15, 0.2) is 0 Å². The van der Waals surface area contributed by atoms with Crippen molar-refractivity contribution in [3.8, 4) is 5.75 Å². The van der Waals surface area contributed by atoms with Crippen LogP contribution in [0.1, 0.15) is 29.8 Å². The monoisotopic (exact) mass is 396 g/mol. The van der Waals surface area contributed by atoms with E-state index in [2.05, 4.69) is 10.0 Å². The summed E-state index contributed by atoms with van der Waals surface area (Å²) in [4.78, 5) is 12.2. The van der Waals surface area contributed by atoms with Gasteiger partial charge in [-0.3, -0.25) is 9.52 Å². The zero-order chi connectivity index (χ0) is 19.3. The first-order valence-corrected chi connectivity index (χ1v) is 10.2. The second-order valence-corrected chi connectivity index (χ2v) is 8.22. The molecule has 0 heterocycles. The molecule has 26 heavy (non-hydrogen) atoms. The molecule has 0 fully saturated rings. The van der Waals surface area contributed by atoms with E-state index in [1.54, 1.807) is 0 Å². The number of amides is 1. The molecule has 8 heteroatoms. The molecule has 0 aromatic heterocycles. The summed E-state index contributed by atoms with van der Waals surface area (Å²) < 4.78 is 30.4. The standard InChI is InChI=1S/C18H21ClN2O4S/c1-12(2)25-15-7-4-13(5-8-15)11-20-18(22)14-6-9-17(16(19)10-14)21-26(3,23)24/h4-10,12,21H,11H2,1-3H3,(H,20,22). The second kappa shape index (κ2) is 8.42. The van der Waals surface area contributed by atoms with Crippen molar-refractivity contribution in [2.45, 2.75) is 26.5 Å². The molecular formula is C18H21ClN2O4S. The molecule has 6 nitrogen and oxygen atoms in total. The van der Waals surface area contributed by atoms with E-state index in [0.717, 1.165) is 17.6 Å². The molecule has 0 saturated heterocycles. The fourth-order valence-corrected chi connectivity index (χ4v) is 3.04. The fourth-order valence-electron chi connectivity index (χ4n) is 2.18. The van der Waals surface area contributed by atoms with Gasteiger partial charge in [0.05, 0.1) is 23.1 Å². The summed E-state index contributed by atoms with van der Waals surface area (Å²) in [5.74, 6) is 0.469. The summed E-state index contributed by atoms with van der Waals surface area (Å²) in [6.07, 6.45) is 1.13. The molecular weight excluding hydrogens is 376 g/mol. The van der Waals surface area contributed by atoms with E-state index in [4.69, 9.17) is 16.3 Å². The number of rotatable bonds is 7. The van der Waals surface area contributed by atoms with E-state index < -0.39 is 10.0 Å². The van der Waals surface area contributed by atoms with Crippen LogP contribution in [0.25, 0.3) is 0 Å². The Labute approximate surface area is 158 Å². The Kier molecular flexibility index (Phi) is 6.50. The Morgan fingerprint density at radius 1 is 1.15 bits per heavy atom. The van der Waals surface area contributed by atoms with Gasteiger partial charge in [0.25, 0.3) is 5.91 Å². The quantitative estimate of drug-likeness (QED) is 0.750. The van der Waals surface area contributed by atoms with Crippen molar-refractivity contribution in [1.82, 2.24) is 5.32 Å². The van der Waals surface area contributed by atoms with Crippen molar-refractivity contribution in [3.05, 3.63) is 58.6 Å². The smallest absolute Gasteiger partial charge is 0.251 e. The SMILES string of the molecule is CC(C)Oc1ccc(CNC(=O)c2ccc(NS(C)(=O)=O)c(Cl)c2)cc1. The van der Waals surface area contributed by atoms with E-state index in [0.29, 0.717) is 12.1 Å². The lowest BCUT2D eigenvalue weighted by Crippen LogP contribution is -2.22. The summed E-state index contributed by atoms with van der Waals surface area (Å²) in [6.45, 7) is 4.26. The number of benzene rings is 2. The molecule has 2 N–H and O–H groups in total. The van der Waals surface area contributed by atoms with E-state index in [9.17, 15) is 13.2 Å². The van der Waals surface area contributed by atoms with E-state index in [1.165, 1.54) is 18.2 Å². The lowest BCUT2D eigenvalue weighted by molar-refractivity contribution is 0.0951. The predicted octanol–water partition coefficient (Wildman–Crippen LogP) is 3.43. The number of sulfonamides is 1. The van der Waals surface area contributed by atoms with Gasteiger partial charge in [-0.1, -0.05) is 23.7 Å². The summed E-state index contributed by atoms with van der Waals surface area (Å²) in [5, 5.41) is 2.94. The largest absolute Gasteiger partial charge is 0.491 e. The molecule has 0 bridgehead atoms. The lowest BCUT2D eigenvalue weighted by Gasteiger charge is -2.11. The van der Waals surface area contributed by atoms with E-state index >= 15 is 0 Å². The van der Waals surface area contributed by atoms with Crippen LogP contribution in [0.2, 0.25) is 5.02 Å². The Bertz CT molecular complexity index is 881. The molecule has 0 saturated carbocycles. The van der Waals surface area contributed by atoms with Crippen molar-refractivity contribution in [1.29, 1.82) is 0 Å². The molecule has 0 aliphatic carbocycles. The molecule has 0 spiro atoms. The molecule has 2 aromatic rings. The first kappa shape index (κ1) is 20.1. The highest BCUT2D eigenvalue weighted by Gasteiger charge is 2.11. The van der Waals surface area contributed by atoms with Gasteiger partial charge in [-0.25, -0.2) is 8.42 Å².